The molecular formula is C15H26N2O3. The zero-order chi connectivity index (χ0) is 14.8. The van der Waals surface area contributed by atoms with Gasteiger partial charge in [0.2, 0.25) is 5.89 Å². The first-order valence-electron chi connectivity index (χ1n) is 7.15. The number of ether oxygens (including phenoxy) is 2. The molecule has 2 atom stereocenters. The van der Waals surface area contributed by atoms with E-state index in [0.29, 0.717) is 19.2 Å². The van der Waals surface area contributed by atoms with Crippen molar-refractivity contribution in [3.8, 4) is 0 Å². The highest BCUT2D eigenvalue weighted by Gasteiger charge is 2.33. The van der Waals surface area contributed by atoms with Crippen LogP contribution in [0.25, 0.3) is 0 Å². The van der Waals surface area contributed by atoms with Gasteiger partial charge in [0.1, 0.15) is 5.76 Å². The Hall–Kier alpha value is -0.910. The van der Waals surface area contributed by atoms with Gasteiger partial charge in [-0.05, 0) is 6.42 Å². The van der Waals surface area contributed by atoms with Crippen molar-refractivity contribution in [2.75, 3.05) is 27.4 Å². The van der Waals surface area contributed by atoms with Crippen molar-refractivity contribution < 1.29 is 13.9 Å². The van der Waals surface area contributed by atoms with Gasteiger partial charge in [-0.25, -0.2) is 4.98 Å². The van der Waals surface area contributed by atoms with Crippen molar-refractivity contribution >= 4 is 0 Å². The summed E-state index contributed by atoms with van der Waals surface area (Å²) in [5, 5.41) is 0. The molecule has 2 heterocycles. The summed E-state index contributed by atoms with van der Waals surface area (Å²) in [4.78, 5) is 6.73. The molecule has 0 unspecified atom stereocenters. The molecular weight excluding hydrogens is 256 g/mol. The fourth-order valence-corrected chi connectivity index (χ4v) is 2.57. The van der Waals surface area contributed by atoms with E-state index in [1.54, 1.807) is 14.2 Å². The van der Waals surface area contributed by atoms with E-state index in [1.807, 2.05) is 6.20 Å². The monoisotopic (exact) mass is 282 g/mol. The van der Waals surface area contributed by atoms with Gasteiger partial charge in [-0.15, -0.1) is 0 Å². The van der Waals surface area contributed by atoms with Gasteiger partial charge in [0.15, 0.2) is 0 Å². The molecule has 1 aliphatic rings. The smallest absolute Gasteiger partial charge is 0.208 e. The molecule has 0 amide bonds. The maximum Gasteiger partial charge on any atom is 0.208 e. The Kier molecular flexibility index (Phi) is 4.83. The number of aromatic nitrogens is 1. The molecule has 0 aliphatic carbocycles. The first kappa shape index (κ1) is 15.5. The predicted molar refractivity (Wildman–Crippen MR) is 76.7 cm³/mol. The van der Waals surface area contributed by atoms with Crippen molar-refractivity contribution in [3.63, 3.8) is 0 Å². The molecule has 20 heavy (non-hydrogen) atoms. The average molecular weight is 282 g/mol. The first-order valence-corrected chi connectivity index (χ1v) is 7.15. The highest BCUT2D eigenvalue weighted by molar-refractivity contribution is 5.06. The first-order chi connectivity index (χ1) is 9.44. The molecule has 1 saturated heterocycles. The Balaban J connectivity index is 2.02. The van der Waals surface area contributed by atoms with Crippen LogP contribution in [0, 0.1) is 0 Å². The largest absolute Gasteiger partial charge is 0.444 e. The zero-order valence-electron chi connectivity index (χ0n) is 13.2. The molecule has 0 saturated carbocycles. The third kappa shape index (κ3) is 3.59. The van der Waals surface area contributed by atoms with Crippen LogP contribution in [-0.2, 0) is 21.4 Å². The van der Waals surface area contributed by atoms with Gasteiger partial charge in [-0.1, -0.05) is 20.8 Å². The average Bonchev–Trinajstić information content (AvgIpc) is 2.97. The number of oxazole rings is 1. The summed E-state index contributed by atoms with van der Waals surface area (Å²) in [6, 6.07) is 0.370. The Morgan fingerprint density at radius 1 is 1.40 bits per heavy atom. The molecule has 2 rings (SSSR count). The molecule has 0 radical (unpaired) electrons. The number of hydrogen-bond donors (Lipinski definition) is 0. The van der Waals surface area contributed by atoms with Crippen LogP contribution in [0.4, 0.5) is 0 Å². The molecule has 0 aromatic carbocycles. The summed E-state index contributed by atoms with van der Waals surface area (Å²) < 4.78 is 16.6. The van der Waals surface area contributed by atoms with Crippen LogP contribution in [0.3, 0.4) is 0 Å². The van der Waals surface area contributed by atoms with Gasteiger partial charge in [-0.3, -0.25) is 4.90 Å². The summed E-state index contributed by atoms with van der Waals surface area (Å²) >= 11 is 0. The summed E-state index contributed by atoms with van der Waals surface area (Å²) in [6.45, 7) is 8.71. The second kappa shape index (κ2) is 6.24. The molecule has 0 N–H and O–H groups in total. The Morgan fingerprint density at radius 3 is 2.70 bits per heavy atom. The number of likely N-dealkylation sites (tertiary alicyclic amines) is 1. The van der Waals surface area contributed by atoms with E-state index in [-0.39, 0.29) is 11.5 Å². The van der Waals surface area contributed by atoms with Crippen LogP contribution in [0.5, 0.6) is 0 Å². The second-order valence-corrected chi connectivity index (χ2v) is 6.50. The van der Waals surface area contributed by atoms with Crippen LogP contribution in [0.2, 0.25) is 0 Å². The van der Waals surface area contributed by atoms with E-state index < -0.39 is 0 Å². The fourth-order valence-electron chi connectivity index (χ4n) is 2.57. The van der Waals surface area contributed by atoms with Crippen LogP contribution in [0.1, 0.15) is 38.8 Å². The Labute approximate surface area is 121 Å². The lowest BCUT2D eigenvalue weighted by Gasteiger charge is -2.21. The lowest BCUT2D eigenvalue weighted by atomic mass is 9.94. The standard InChI is InChI=1S/C15H26N2O3/c1-15(2,3)13-7-16-14(20-13)9-17-8-12(19-5)6-11(17)10-18-4/h7,11-12H,6,8-10H2,1-5H3/t11-,12-/m0/s1. The molecule has 1 aliphatic heterocycles. The fraction of sp³-hybridized carbons (Fsp3) is 0.800. The number of rotatable bonds is 5. The number of methoxy groups -OCH3 is 2. The normalized spacial score (nSPS) is 24.4. The quantitative estimate of drug-likeness (QED) is 0.828. The highest BCUT2D eigenvalue weighted by atomic mass is 16.5. The lowest BCUT2D eigenvalue weighted by molar-refractivity contribution is 0.101. The van der Waals surface area contributed by atoms with Crippen molar-refractivity contribution in [2.24, 2.45) is 0 Å². The predicted octanol–water partition coefficient (Wildman–Crippen LogP) is 2.21. The van der Waals surface area contributed by atoms with Crippen molar-refractivity contribution in [2.45, 2.75) is 51.3 Å². The summed E-state index contributed by atoms with van der Waals surface area (Å²) in [5.74, 6) is 1.70. The summed E-state index contributed by atoms with van der Waals surface area (Å²) in [7, 11) is 3.50. The van der Waals surface area contributed by atoms with Crippen molar-refractivity contribution in [1.29, 1.82) is 0 Å². The Morgan fingerprint density at radius 2 is 2.15 bits per heavy atom. The molecule has 5 nitrogen and oxygen atoms in total. The van der Waals surface area contributed by atoms with Gasteiger partial charge in [0, 0.05) is 32.2 Å². The molecule has 1 fully saturated rings. The molecule has 114 valence electrons. The minimum atomic E-state index is -0.00272. The van der Waals surface area contributed by atoms with Crippen molar-refractivity contribution in [3.05, 3.63) is 17.8 Å². The minimum Gasteiger partial charge on any atom is -0.444 e. The molecule has 5 heteroatoms. The third-order valence-corrected chi connectivity index (χ3v) is 3.81. The zero-order valence-corrected chi connectivity index (χ0v) is 13.2. The van der Waals surface area contributed by atoms with Crippen LogP contribution < -0.4 is 0 Å². The van der Waals surface area contributed by atoms with Crippen LogP contribution >= 0.6 is 0 Å². The SMILES string of the molecule is COC[C@@H]1C[C@H](OC)CN1Cc1ncc(C(C)(C)C)o1. The van der Waals surface area contributed by atoms with Crippen LogP contribution in [-0.4, -0.2) is 49.4 Å². The molecule has 0 bridgehead atoms. The molecule has 0 spiro atoms. The number of nitrogens with zero attached hydrogens (tertiary/aromatic N) is 2. The number of hydrogen-bond acceptors (Lipinski definition) is 5. The van der Waals surface area contributed by atoms with Gasteiger partial charge in [0.25, 0.3) is 0 Å². The third-order valence-electron chi connectivity index (χ3n) is 3.81. The van der Waals surface area contributed by atoms with Crippen molar-refractivity contribution in [1.82, 2.24) is 9.88 Å². The van der Waals surface area contributed by atoms with E-state index in [9.17, 15) is 0 Å². The molecule has 1 aromatic heterocycles. The van der Waals surface area contributed by atoms with Gasteiger partial charge in [0.05, 0.1) is 25.5 Å². The maximum absolute atomic E-state index is 5.87. The van der Waals surface area contributed by atoms with E-state index in [0.717, 1.165) is 24.6 Å². The van der Waals surface area contributed by atoms with E-state index in [2.05, 4.69) is 30.7 Å². The van der Waals surface area contributed by atoms with E-state index in [4.69, 9.17) is 13.9 Å². The second-order valence-electron chi connectivity index (χ2n) is 6.50. The van der Waals surface area contributed by atoms with Gasteiger partial charge >= 0.3 is 0 Å². The Bertz CT molecular complexity index is 425. The van der Waals surface area contributed by atoms with E-state index >= 15 is 0 Å². The summed E-state index contributed by atoms with van der Waals surface area (Å²) in [5.41, 5.74) is -0.00272. The van der Waals surface area contributed by atoms with Gasteiger partial charge in [-0.2, -0.15) is 0 Å². The van der Waals surface area contributed by atoms with Gasteiger partial charge < -0.3 is 13.9 Å². The van der Waals surface area contributed by atoms with E-state index in [1.165, 1.54) is 0 Å². The summed E-state index contributed by atoms with van der Waals surface area (Å²) in [6.07, 6.45) is 3.11. The topological polar surface area (TPSA) is 47.7 Å². The van der Waals surface area contributed by atoms with Crippen LogP contribution in [0.15, 0.2) is 10.6 Å². The molecule has 1 aromatic rings. The minimum absolute atomic E-state index is 0.00272. The highest BCUT2D eigenvalue weighted by Crippen LogP contribution is 2.26. The maximum atomic E-state index is 5.87. The lowest BCUT2D eigenvalue weighted by Crippen LogP contribution is -2.32.